The molecule has 240 valence electrons. The molecule has 1 amide bonds. The van der Waals surface area contributed by atoms with E-state index in [4.69, 9.17) is 23.7 Å². The van der Waals surface area contributed by atoms with Crippen LogP contribution in [0.15, 0.2) is 37.1 Å². The monoisotopic (exact) mass is 668 g/mol. The molecule has 2 aliphatic heterocycles. The number of hydrogen-bond acceptors (Lipinski definition) is 16. The fraction of sp³-hybridized carbons (Fsp3) is 0.476. The number of fused-ring (bicyclic) bond motifs is 1. The first kappa shape index (κ1) is 29.7. The second-order valence-electron chi connectivity index (χ2n) is 9.57. The molecule has 0 aromatic carbocycles. The predicted octanol–water partition coefficient (Wildman–Crippen LogP) is -3.02. The fourth-order valence-corrected chi connectivity index (χ4v) is 6.54. The van der Waals surface area contributed by atoms with Crippen molar-refractivity contribution in [1.29, 1.82) is 0 Å². The van der Waals surface area contributed by atoms with Gasteiger partial charge in [-0.1, -0.05) is 0 Å². The molecule has 44 heavy (non-hydrogen) atoms. The Labute approximate surface area is 249 Å². The van der Waals surface area contributed by atoms with Gasteiger partial charge in [0.1, 0.15) is 50.6 Å². The first-order valence-corrected chi connectivity index (χ1v) is 15.5. The number of nitrogens with zero attached hydrogens (tertiary/aromatic N) is 5. The molecule has 0 aliphatic carbocycles. The van der Waals surface area contributed by atoms with E-state index in [1.807, 2.05) is 0 Å². The highest BCUT2D eigenvalue weighted by atomic mass is 31.3. The van der Waals surface area contributed by atoms with E-state index in [1.165, 1.54) is 29.1 Å². The molecule has 2 aliphatic rings. The van der Waals surface area contributed by atoms with Crippen molar-refractivity contribution in [3.8, 4) is 0 Å². The highest BCUT2D eigenvalue weighted by molar-refractivity contribution is 7.61. The lowest BCUT2D eigenvalue weighted by Crippen LogP contribution is -2.46. The molecule has 5 heterocycles. The lowest BCUT2D eigenvalue weighted by Gasteiger charge is -2.20. The third-order valence-corrected chi connectivity index (χ3v) is 9.22. The average Bonchev–Trinajstić information content (AvgIpc) is 3.56. The molecule has 0 saturated carbocycles. The molecule has 5 rings (SSSR count). The van der Waals surface area contributed by atoms with Gasteiger partial charge in [0, 0.05) is 6.07 Å². The second-order valence-corrected chi connectivity index (χ2v) is 12.6. The zero-order valence-electron chi connectivity index (χ0n) is 24.1. The lowest BCUT2D eigenvalue weighted by molar-refractivity contribution is -0.765. The number of ether oxygens (including phenoxy) is 2. The highest BCUT2D eigenvalue weighted by Gasteiger charge is 2.50. The van der Waals surface area contributed by atoms with Gasteiger partial charge in [0.2, 0.25) is 0 Å². The molecule has 0 bridgehead atoms. The van der Waals surface area contributed by atoms with Crippen molar-refractivity contribution in [2.24, 2.45) is 5.73 Å². The third kappa shape index (κ3) is 6.65. The zero-order valence-corrected chi connectivity index (χ0v) is 23.9. The average molecular weight is 668 g/mol. The van der Waals surface area contributed by atoms with Crippen molar-refractivity contribution in [1.82, 2.24) is 19.5 Å². The van der Waals surface area contributed by atoms with Gasteiger partial charge in [-0.2, -0.15) is 8.88 Å². The smallest absolute Gasteiger partial charge is 0.387 e. The molecule has 2 saturated heterocycles. The predicted molar refractivity (Wildman–Crippen MR) is 139 cm³/mol. The first-order valence-electron chi connectivity index (χ1n) is 13.5. The number of aliphatic hydroxyl groups excluding tert-OH is 4. The Morgan fingerprint density at radius 1 is 1.02 bits per heavy atom. The summed E-state index contributed by atoms with van der Waals surface area (Å²) in [7, 11) is -10.9. The Kier molecular flexibility index (Phi) is 8.37. The van der Waals surface area contributed by atoms with Crippen LogP contribution in [0.4, 0.5) is 5.82 Å². The van der Waals surface area contributed by atoms with Gasteiger partial charge in [-0.3, -0.25) is 18.4 Å². The summed E-state index contributed by atoms with van der Waals surface area (Å²) in [4.78, 5) is 42.8. The van der Waals surface area contributed by atoms with Crippen LogP contribution in [0.3, 0.4) is 0 Å². The second kappa shape index (κ2) is 12.4. The number of anilines is 1. The summed E-state index contributed by atoms with van der Waals surface area (Å²) < 4.78 is 67.3. The number of nitrogens with two attached hydrogens (primary N) is 2. The molecule has 0 spiro atoms. The number of carbonyl (C=O) groups excluding carboxylic acids is 1. The molecular weight excluding hydrogens is 636 g/mol. The first-order chi connectivity index (χ1) is 21.5. The number of nitrogen functional groups attached to an aromatic ring is 1. The Balaban J connectivity index is 1.18. The van der Waals surface area contributed by atoms with Gasteiger partial charge in [-0.05, 0) is 6.07 Å². The summed E-state index contributed by atoms with van der Waals surface area (Å²) in [6.07, 6.45) is -11.2. The molecule has 0 radical (unpaired) electrons. The van der Waals surface area contributed by atoms with E-state index in [9.17, 15) is 44.1 Å². The van der Waals surface area contributed by atoms with Gasteiger partial charge < -0.3 is 51.2 Å². The van der Waals surface area contributed by atoms with Crippen LogP contribution >= 0.6 is 15.6 Å². The summed E-state index contributed by atoms with van der Waals surface area (Å²) in [5, 5.41) is 41.7. The van der Waals surface area contributed by atoms with E-state index in [-0.39, 0.29) is 22.5 Å². The Hall–Kier alpha value is -3.01. The number of aliphatic hydroxyl groups is 4. The highest BCUT2D eigenvalue weighted by Crippen LogP contribution is 2.60. The van der Waals surface area contributed by atoms with Gasteiger partial charge >= 0.3 is 15.6 Å². The molecule has 10 atom stereocenters. The van der Waals surface area contributed by atoms with Crippen molar-refractivity contribution < 1.29 is 74.3 Å². The van der Waals surface area contributed by atoms with Gasteiger partial charge in [0.15, 0.2) is 36.2 Å². The number of imidazole rings is 1. The van der Waals surface area contributed by atoms with Crippen LogP contribution in [0.1, 0.15) is 25.6 Å². The molecule has 21 nitrogen and oxygen atoms in total. The Bertz CT molecular complexity index is 1740. The molecule has 2 fully saturated rings. The number of pyridine rings is 1. The van der Waals surface area contributed by atoms with Crippen LogP contribution in [0.2, 0.25) is 0 Å². The number of phosphoric acid groups is 2. The number of hydrogen-bond donors (Lipinski definition) is 8. The quantitative estimate of drug-likeness (QED) is 0.0744. The van der Waals surface area contributed by atoms with Gasteiger partial charge in [0.25, 0.3) is 12.1 Å². The molecule has 3 aromatic heterocycles. The van der Waals surface area contributed by atoms with Crippen molar-refractivity contribution in [3.63, 3.8) is 0 Å². The molecule has 3 aromatic rings. The number of primary amides is 1. The van der Waals surface area contributed by atoms with E-state index in [2.05, 4.69) is 28.3 Å². The van der Waals surface area contributed by atoms with Crippen molar-refractivity contribution in [2.75, 3.05) is 18.9 Å². The van der Waals surface area contributed by atoms with E-state index >= 15 is 0 Å². The maximum atomic E-state index is 12.5. The third-order valence-electron chi connectivity index (χ3n) is 6.62. The van der Waals surface area contributed by atoms with E-state index < -0.39 is 96.5 Å². The summed E-state index contributed by atoms with van der Waals surface area (Å²) in [6.45, 7) is -1.93. The lowest BCUT2D eigenvalue weighted by atomic mass is 10.1. The van der Waals surface area contributed by atoms with Crippen molar-refractivity contribution in [3.05, 3.63) is 42.7 Å². The summed E-state index contributed by atoms with van der Waals surface area (Å²) in [6, 6.07) is 2.81. The number of aromatic nitrogens is 5. The summed E-state index contributed by atoms with van der Waals surface area (Å²) in [5.41, 5.74) is 10.7. The molecule has 23 heteroatoms. The van der Waals surface area contributed by atoms with E-state index in [1.54, 1.807) is 0 Å². The van der Waals surface area contributed by atoms with Crippen molar-refractivity contribution in [2.45, 2.75) is 49.1 Å². The molecular formula is C21H28N7O14P2+. The van der Waals surface area contributed by atoms with E-state index in [0.717, 1.165) is 4.57 Å². The summed E-state index contributed by atoms with van der Waals surface area (Å²) >= 11 is 0. The van der Waals surface area contributed by atoms with Gasteiger partial charge in [-0.15, -0.1) is 0 Å². The maximum Gasteiger partial charge on any atom is 0.481 e. The number of rotatable bonds is 11. The normalized spacial score (nSPS) is 32.2. The fourth-order valence-electron chi connectivity index (χ4n) is 4.45. The number of carbonyl (C=O) groups is 1. The van der Waals surface area contributed by atoms with Crippen LogP contribution < -0.4 is 16.0 Å². The standard InChI is InChI=1S/C21H27N7O14P2/c22-17-12-19(25-7-24-17)28(8-26-12)21-16(32)14(30)11(41-21)6-39-44(36,37)42-43(34,35)38-5-10-13(29)15(31)20(40-10)27-3-1-2-9(4-27)18(23)33/h1-4,7-8,10-11,13-16,20-21,29-32H,5-6H2,(H5-,22,23,24,25,33,34,35,36,37)/p+1/t10-,11-,13-,14-,15-,16-,20-,21-/m1/s1/i7T,8T. The zero-order chi connectivity index (χ0) is 33.7. The number of phosphoric ester groups is 2. The Morgan fingerprint density at radius 2 is 1.66 bits per heavy atom. The molecule has 10 N–H and O–H groups in total. The molecule has 2 unspecified atom stereocenters. The van der Waals surface area contributed by atoms with Crippen LogP contribution in [0, 0.1) is 0 Å². The number of amides is 1. The van der Waals surface area contributed by atoms with Crippen LogP contribution in [-0.2, 0) is 32.0 Å². The summed E-state index contributed by atoms with van der Waals surface area (Å²) in [5.74, 6) is -1.01. The topological polar surface area (TPSA) is 318 Å². The van der Waals surface area contributed by atoms with E-state index in [0.29, 0.717) is 0 Å². The van der Waals surface area contributed by atoms with Gasteiger partial charge in [0.05, 0.1) is 19.5 Å². The SMILES string of the molecule is [3H]c1nc(N)c2nc([3H])n([C@@H]3O[C@H](COP(=O)(O)OP(=O)(O)OC[C@H]4O[C@@H]([n+]5cccc(C(N)=O)c5)[C@H](O)[C@@H]4O)[C@@H](O)[C@H]3O)c2n1. The Morgan fingerprint density at radius 3 is 2.32 bits per heavy atom. The largest absolute Gasteiger partial charge is 0.481 e. The minimum atomic E-state index is -5.45. The minimum Gasteiger partial charge on any atom is -0.387 e. The van der Waals surface area contributed by atoms with Crippen molar-refractivity contribution >= 4 is 38.5 Å². The van der Waals surface area contributed by atoms with Crippen LogP contribution in [0.5, 0.6) is 0 Å². The van der Waals surface area contributed by atoms with Crippen LogP contribution in [-0.4, -0.2) is 105 Å². The van der Waals surface area contributed by atoms with Crippen LogP contribution in [0.25, 0.3) is 11.2 Å². The van der Waals surface area contributed by atoms with Gasteiger partial charge in [-0.25, -0.2) is 24.1 Å². The maximum absolute atomic E-state index is 12.5. The minimum absolute atomic E-state index is 0.0545.